The summed E-state index contributed by atoms with van der Waals surface area (Å²) in [5.41, 5.74) is 1.64. The first-order valence-corrected chi connectivity index (χ1v) is 8.85. The number of thioether (sulfide) groups is 1. The number of halogens is 1. The fourth-order valence-electron chi connectivity index (χ4n) is 2.20. The maximum Gasteiger partial charge on any atom is 0.343 e. The Morgan fingerprint density at radius 2 is 2.26 bits per heavy atom. The molecule has 3 heterocycles. The first-order valence-electron chi connectivity index (χ1n) is 7.07. The van der Waals surface area contributed by atoms with Crippen molar-refractivity contribution in [1.82, 2.24) is 24.1 Å². The molecule has 3 aromatic heterocycles. The van der Waals surface area contributed by atoms with Crippen molar-refractivity contribution in [3.8, 4) is 0 Å². The lowest BCUT2D eigenvalue weighted by Gasteiger charge is -2.04. The van der Waals surface area contributed by atoms with Gasteiger partial charge in [0.15, 0.2) is 5.16 Å². The Balaban J connectivity index is 1.70. The van der Waals surface area contributed by atoms with Gasteiger partial charge in [-0.1, -0.05) is 11.8 Å². The number of nitrogens with zero attached hydrogens (tertiary/aromatic N) is 4. The molecule has 0 bridgehead atoms. The van der Waals surface area contributed by atoms with Gasteiger partial charge in [0.05, 0.1) is 5.69 Å². The SMILES string of the molecule is COCCCn1c(SCc2cn3cc(Br)ccc3n2)n[nH]c1=O. The van der Waals surface area contributed by atoms with E-state index in [1.54, 1.807) is 11.7 Å². The highest BCUT2D eigenvalue weighted by Gasteiger charge is 2.10. The number of imidazole rings is 1. The molecule has 0 amide bonds. The van der Waals surface area contributed by atoms with Crippen LogP contribution in [0.3, 0.4) is 0 Å². The number of ether oxygens (including phenoxy) is 1. The van der Waals surface area contributed by atoms with E-state index in [0.717, 1.165) is 22.2 Å². The van der Waals surface area contributed by atoms with E-state index < -0.39 is 0 Å². The van der Waals surface area contributed by atoms with Crippen LogP contribution in [-0.2, 0) is 17.0 Å². The Morgan fingerprint density at radius 1 is 1.39 bits per heavy atom. The third kappa shape index (κ3) is 3.85. The van der Waals surface area contributed by atoms with Crippen LogP contribution >= 0.6 is 27.7 Å². The Labute approximate surface area is 145 Å². The minimum absolute atomic E-state index is 0.192. The number of hydrogen-bond acceptors (Lipinski definition) is 5. The molecule has 0 atom stereocenters. The van der Waals surface area contributed by atoms with Gasteiger partial charge in [-0.25, -0.2) is 14.9 Å². The standard InChI is InChI=1S/C14H16BrN5O2S/c1-22-6-2-5-20-13(21)17-18-14(20)23-9-11-8-19-7-10(15)3-4-12(19)16-11/h3-4,7-8H,2,5-6,9H2,1H3,(H,17,21). The maximum absolute atomic E-state index is 11.8. The molecule has 0 saturated heterocycles. The normalized spacial score (nSPS) is 11.4. The summed E-state index contributed by atoms with van der Waals surface area (Å²) < 4.78 is 9.63. The van der Waals surface area contributed by atoms with Crippen LogP contribution in [0.1, 0.15) is 12.1 Å². The lowest BCUT2D eigenvalue weighted by atomic mass is 10.4. The highest BCUT2D eigenvalue weighted by molar-refractivity contribution is 9.10. The molecule has 1 N–H and O–H groups in total. The van der Waals surface area contributed by atoms with Crippen molar-refractivity contribution in [1.29, 1.82) is 0 Å². The van der Waals surface area contributed by atoms with E-state index in [4.69, 9.17) is 4.74 Å². The molecular formula is C14H16BrN5O2S. The van der Waals surface area contributed by atoms with E-state index in [9.17, 15) is 4.79 Å². The van der Waals surface area contributed by atoms with Crippen LogP contribution in [0.2, 0.25) is 0 Å². The molecule has 0 unspecified atom stereocenters. The van der Waals surface area contributed by atoms with Gasteiger partial charge in [0.2, 0.25) is 0 Å². The van der Waals surface area contributed by atoms with E-state index in [0.29, 0.717) is 24.1 Å². The van der Waals surface area contributed by atoms with E-state index in [1.807, 2.05) is 28.9 Å². The fraction of sp³-hybridized carbons (Fsp3) is 0.357. The summed E-state index contributed by atoms with van der Waals surface area (Å²) in [6, 6.07) is 3.91. The molecule has 0 fully saturated rings. The van der Waals surface area contributed by atoms with Crippen LogP contribution in [0.25, 0.3) is 5.65 Å². The topological polar surface area (TPSA) is 77.2 Å². The van der Waals surface area contributed by atoms with Gasteiger partial charge >= 0.3 is 5.69 Å². The van der Waals surface area contributed by atoms with Crippen LogP contribution in [-0.4, -0.2) is 37.9 Å². The molecule has 9 heteroatoms. The van der Waals surface area contributed by atoms with Crippen LogP contribution in [0.4, 0.5) is 0 Å². The molecular weight excluding hydrogens is 382 g/mol. The Bertz CT molecular complexity index is 856. The van der Waals surface area contributed by atoms with Crippen molar-refractivity contribution in [2.75, 3.05) is 13.7 Å². The summed E-state index contributed by atoms with van der Waals surface area (Å²) in [4.78, 5) is 16.3. The highest BCUT2D eigenvalue weighted by Crippen LogP contribution is 2.20. The molecule has 3 aromatic rings. The van der Waals surface area contributed by atoms with Gasteiger partial charge in [-0.05, 0) is 34.5 Å². The number of H-pyrrole nitrogens is 1. The molecule has 122 valence electrons. The predicted molar refractivity (Wildman–Crippen MR) is 91.8 cm³/mol. The van der Waals surface area contributed by atoms with Crippen LogP contribution in [0, 0.1) is 0 Å². The van der Waals surface area contributed by atoms with E-state index in [2.05, 4.69) is 31.1 Å². The number of aromatic nitrogens is 5. The van der Waals surface area contributed by atoms with Crippen molar-refractivity contribution in [3.63, 3.8) is 0 Å². The lowest BCUT2D eigenvalue weighted by Crippen LogP contribution is -2.18. The van der Waals surface area contributed by atoms with E-state index >= 15 is 0 Å². The van der Waals surface area contributed by atoms with Gasteiger partial charge in [0, 0.05) is 42.9 Å². The second-order valence-corrected chi connectivity index (χ2v) is 6.80. The second kappa shape index (κ2) is 7.33. The van der Waals surface area contributed by atoms with Gasteiger partial charge in [-0.15, -0.1) is 5.10 Å². The molecule has 0 radical (unpaired) electrons. The number of methoxy groups -OCH3 is 1. The van der Waals surface area contributed by atoms with Crippen molar-refractivity contribution < 1.29 is 4.74 Å². The third-order valence-electron chi connectivity index (χ3n) is 3.27. The smallest absolute Gasteiger partial charge is 0.343 e. The molecule has 0 aromatic carbocycles. The van der Waals surface area contributed by atoms with Gasteiger partial charge in [0.25, 0.3) is 0 Å². The first kappa shape index (κ1) is 16.3. The second-order valence-electron chi connectivity index (χ2n) is 4.94. The summed E-state index contributed by atoms with van der Waals surface area (Å²) in [6.45, 7) is 1.20. The summed E-state index contributed by atoms with van der Waals surface area (Å²) >= 11 is 4.93. The monoisotopic (exact) mass is 397 g/mol. The minimum Gasteiger partial charge on any atom is -0.385 e. The molecule has 3 rings (SSSR count). The third-order valence-corrected chi connectivity index (χ3v) is 4.75. The van der Waals surface area contributed by atoms with Crippen molar-refractivity contribution in [3.05, 3.63) is 45.2 Å². The average Bonchev–Trinajstić information content (AvgIpc) is 3.09. The van der Waals surface area contributed by atoms with E-state index in [-0.39, 0.29) is 5.69 Å². The lowest BCUT2D eigenvalue weighted by molar-refractivity contribution is 0.189. The number of hydrogen-bond donors (Lipinski definition) is 1. The van der Waals surface area contributed by atoms with Crippen molar-refractivity contribution in [2.24, 2.45) is 0 Å². The molecule has 0 saturated carbocycles. The molecule has 0 aliphatic rings. The summed E-state index contributed by atoms with van der Waals surface area (Å²) in [6.07, 6.45) is 4.71. The molecule has 0 aliphatic heterocycles. The maximum atomic E-state index is 11.8. The van der Waals surface area contributed by atoms with Gasteiger partial charge in [0.1, 0.15) is 5.65 Å². The zero-order valence-electron chi connectivity index (χ0n) is 12.5. The molecule has 0 spiro atoms. The van der Waals surface area contributed by atoms with Gasteiger partial charge in [-0.3, -0.25) is 4.57 Å². The number of pyridine rings is 1. The summed E-state index contributed by atoms with van der Waals surface area (Å²) in [7, 11) is 1.65. The highest BCUT2D eigenvalue weighted by atomic mass is 79.9. The number of fused-ring (bicyclic) bond motifs is 1. The molecule has 0 aliphatic carbocycles. The predicted octanol–water partition coefficient (Wildman–Crippen LogP) is 2.31. The van der Waals surface area contributed by atoms with Gasteiger partial charge < -0.3 is 9.14 Å². The summed E-state index contributed by atoms with van der Waals surface area (Å²) in [5, 5.41) is 7.25. The van der Waals surface area contributed by atoms with E-state index in [1.165, 1.54) is 11.8 Å². The zero-order valence-corrected chi connectivity index (χ0v) is 14.9. The Kier molecular flexibility index (Phi) is 5.19. The Morgan fingerprint density at radius 3 is 3.09 bits per heavy atom. The van der Waals surface area contributed by atoms with Crippen LogP contribution < -0.4 is 5.69 Å². The minimum atomic E-state index is -0.192. The largest absolute Gasteiger partial charge is 0.385 e. The number of aromatic amines is 1. The van der Waals surface area contributed by atoms with Crippen LogP contribution in [0.15, 0.2) is 39.0 Å². The van der Waals surface area contributed by atoms with Crippen molar-refractivity contribution >= 4 is 33.3 Å². The first-order chi connectivity index (χ1) is 11.2. The zero-order chi connectivity index (χ0) is 16.2. The average molecular weight is 398 g/mol. The number of rotatable bonds is 7. The van der Waals surface area contributed by atoms with Gasteiger partial charge in [-0.2, -0.15) is 0 Å². The summed E-state index contributed by atoms with van der Waals surface area (Å²) in [5.74, 6) is 0.647. The Hall–Kier alpha value is -1.58. The quantitative estimate of drug-likeness (QED) is 0.488. The van der Waals surface area contributed by atoms with Crippen molar-refractivity contribution in [2.45, 2.75) is 23.9 Å². The molecule has 7 nitrogen and oxygen atoms in total. The van der Waals surface area contributed by atoms with Crippen LogP contribution in [0.5, 0.6) is 0 Å². The molecule has 23 heavy (non-hydrogen) atoms. The fourth-order valence-corrected chi connectivity index (χ4v) is 3.41. The number of nitrogens with one attached hydrogen (secondary N) is 1.